The maximum Gasteiger partial charge on any atom is 0.254 e. The van der Waals surface area contributed by atoms with Crippen LogP contribution in [0.1, 0.15) is 25.6 Å². The number of benzene rings is 3. The summed E-state index contributed by atoms with van der Waals surface area (Å²) < 4.78 is 27.9. The molecule has 1 aliphatic heterocycles. The average Bonchev–Trinajstić information content (AvgIpc) is 3.43. The molecule has 2 heterocycles. The highest BCUT2D eigenvalue weighted by Gasteiger charge is 2.31. The first kappa shape index (κ1) is 22.5. The third kappa shape index (κ3) is 4.16. The van der Waals surface area contributed by atoms with E-state index < -0.39 is 10.0 Å². The number of piperazine rings is 1. The fourth-order valence-corrected chi connectivity index (χ4v) is 6.32. The number of nitrogens with zero attached hydrogens (tertiary/aromatic N) is 2. The summed E-state index contributed by atoms with van der Waals surface area (Å²) in [6, 6.07) is 23.1. The highest BCUT2D eigenvalue weighted by Crippen LogP contribution is 2.24. The summed E-state index contributed by atoms with van der Waals surface area (Å²) in [6.45, 7) is 0.907. The highest BCUT2D eigenvalue weighted by atomic mass is 32.2. The summed E-state index contributed by atoms with van der Waals surface area (Å²) in [7, 11) is -3.68. The molecule has 1 aliphatic rings. The number of hydrogen-bond donors (Lipinski definition) is 0. The van der Waals surface area contributed by atoms with Crippen molar-refractivity contribution in [2.45, 2.75) is 4.90 Å². The smallest absolute Gasteiger partial charge is 0.254 e. The van der Waals surface area contributed by atoms with Gasteiger partial charge >= 0.3 is 0 Å². The monoisotopic (exact) mass is 490 g/mol. The molecular formula is C26H22N2O4S2. The van der Waals surface area contributed by atoms with Crippen molar-refractivity contribution < 1.29 is 18.0 Å². The third-order valence-corrected chi connectivity index (χ3v) is 8.79. The zero-order valence-electron chi connectivity index (χ0n) is 18.3. The van der Waals surface area contributed by atoms with Gasteiger partial charge in [-0.25, -0.2) is 8.42 Å². The van der Waals surface area contributed by atoms with Gasteiger partial charge in [0.05, 0.1) is 15.3 Å². The standard InChI is InChI=1S/C26H22N2O4S2/c29-25(24-10-5-17-33-24)22-8-3-4-9-23(22)26(30)27-13-15-28(16-14-27)34(31,32)21-12-11-19-6-1-2-7-20(19)18-21/h1-12,17-18H,13-16H2. The van der Waals surface area contributed by atoms with E-state index in [1.54, 1.807) is 53.4 Å². The Morgan fingerprint density at radius 2 is 1.41 bits per heavy atom. The molecule has 1 fully saturated rings. The van der Waals surface area contributed by atoms with Gasteiger partial charge in [0.1, 0.15) is 0 Å². The van der Waals surface area contributed by atoms with Crippen LogP contribution >= 0.6 is 11.3 Å². The lowest BCUT2D eigenvalue weighted by atomic mass is 10.0. The van der Waals surface area contributed by atoms with Gasteiger partial charge in [0, 0.05) is 31.7 Å². The second kappa shape index (κ2) is 9.13. The number of hydrogen-bond acceptors (Lipinski definition) is 5. The Bertz CT molecular complexity index is 1470. The first-order valence-electron chi connectivity index (χ1n) is 10.9. The molecule has 3 aromatic carbocycles. The van der Waals surface area contributed by atoms with E-state index >= 15 is 0 Å². The molecule has 0 radical (unpaired) electrons. The van der Waals surface area contributed by atoms with Crippen molar-refractivity contribution in [1.29, 1.82) is 0 Å². The average molecular weight is 491 g/mol. The van der Waals surface area contributed by atoms with E-state index in [2.05, 4.69) is 0 Å². The van der Waals surface area contributed by atoms with Crippen LogP contribution < -0.4 is 0 Å². The largest absolute Gasteiger partial charge is 0.336 e. The second-order valence-corrected chi connectivity index (χ2v) is 10.9. The molecule has 1 amide bonds. The quantitative estimate of drug-likeness (QED) is 0.392. The van der Waals surface area contributed by atoms with Gasteiger partial charge in [-0.3, -0.25) is 9.59 Å². The molecule has 0 aliphatic carbocycles. The fourth-order valence-electron chi connectivity index (χ4n) is 4.19. The van der Waals surface area contributed by atoms with Gasteiger partial charge in [-0.2, -0.15) is 4.31 Å². The van der Waals surface area contributed by atoms with Gasteiger partial charge in [0.15, 0.2) is 0 Å². The summed E-state index contributed by atoms with van der Waals surface area (Å²) in [5.41, 5.74) is 0.702. The number of carbonyl (C=O) groups excluding carboxylic acids is 2. The van der Waals surface area contributed by atoms with Crippen molar-refractivity contribution >= 4 is 43.8 Å². The Kier molecular flexibility index (Phi) is 6.03. The van der Waals surface area contributed by atoms with Gasteiger partial charge in [-0.1, -0.05) is 54.6 Å². The summed E-state index contributed by atoms with van der Waals surface area (Å²) in [5, 5.41) is 3.67. The van der Waals surface area contributed by atoms with Crippen LogP contribution in [0.2, 0.25) is 0 Å². The molecule has 4 aromatic rings. The minimum absolute atomic E-state index is 0.184. The summed E-state index contributed by atoms with van der Waals surface area (Å²) in [4.78, 5) is 28.6. The molecule has 5 rings (SSSR count). The van der Waals surface area contributed by atoms with Crippen molar-refractivity contribution in [3.8, 4) is 0 Å². The van der Waals surface area contributed by atoms with Crippen LogP contribution in [0.3, 0.4) is 0 Å². The molecule has 8 heteroatoms. The zero-order valence-corrected chi connectivity index (χ0v) is 19.9. The summed E-state index contributed by atoms with van der Waals surface area (Å²) in [5.74, 6) is -0.445. The van der Waals surface area contributed by atoms with Gasteiger partial charge < -0.3 is 4.90 Å². The minimum Gasteiger partial charge on any atom is -0.336 e. The topological polar surface area (TPSA) is 74.8 Å². The van der Waals surface area contributed by atoms with E-state index in [4.69, 9.17) is 0 Å². The molecule has 6 nitrogen and oxygen atoms in total. The van der Waals surface area contributed by atoms with Gasteiger partial charge in [0.2, 0.25) is 15.8 Å². The molecule has 34 heavy (non-hydrogen) atoms. The Morgan fingerprint density at radius 3 is 2.12 bits per heavy atom. The van der Waals surface area contributed by atoms with Crippen molar-refractivity contribution in [1.82, 2.24) is 9.21 Å². The number of rotatable bonds is 5. The molecule has 0 atom stereocenters. The van der Waals surface area contributed by atoms with Gasteiger partial charge in [0.25, 0.3) is 5.91 Å². The minimum atomic E-state index is -3.68. The molecule has 1 saturated heterocycles. The van der Waals surface area contributed by atoms with E-state index in [0.717, 1.165) is 10.8 Å². The van der Waals surface area contributed by atoms with Crippen LogP contribution in [0.25, 0.3) is 10.8 Å². The van der Waals surface area contributed by atoms with E-state index in [9.17, 15) is 18.0 Å². The first-order valence-corrected chi connectivity index (χ1v) is 13.2. The molecule has 0 bridgehead atoms. The zero-order chi connectivity index (χ0) is 23.7. The fraction of sp³-hybridized carbons (Fsp3) is 0.154. The van der Waals surface area contributed by atoms with E-state index in [0.29, 0.717) is 16.0 Å². The number of thiophene rings is 1. The maximum absolute atomic E-state index is 13.3. The van der Waals surface area contributed by atoms with E-state index in [1.807, 2.05) is 35.7 Å². The lowest BCUT2D eigenvalue weighted by molar-refractivity contribution is 0.0694. The molecular weight excluding hydrogens is 468 g/mol. The van der Waals surface area contributed by atoms with Gasteiger partial charge in [-0.15, -0.1) is 11.3 Å². The number of carbonyl (C=O) groups is 2. The molecule has 0 N–H and O–H groups in total. The van der Waals surface area contributed by atoms with Crippen LogP contribution in [0.5, 0.6) is 0 Å². The summed E-state index contributed by atoms with van der Waals surface area (Å²) >= 11 is 1.34. The van der Waals surface area contributed by atoms with Crippen molar-refractivity contribution in [2.24, 2.45) is 0 Å². The van der Waals surface area contributed by atoms with Crippen LogP contribution in [-0.2, 0) is 10.0 Å². The lowest BCUT2D eigenvalue weighted by Crippen LogP contribution is -2.50. The second-order valence-electron chi connectivity index (χ2n) is 8.06. The highest BCUT2D eigenvalue weighted by molar-refractivity contribution is 7.89. The number of ketones is 1. The lowest BCUT2D eigenvalue weighted by Gasteiger charge is -2.34. The Hall–Kier alpha value is -3.33. The molecule has 1 aromatic heterocycles. The maximum atomic E-state index is 13.3. The normalized spacial score (nSPS) is 14.9. The van der Waals surface area contributed by atoms with Crippen molar-refractivity contribution in [3.63, 3.8) is 0 Å². The SMILES string of the molecule is O=C(c1cccs1)c1ccccc1C(=O)N1CCN(S(=O)(=O)c2ccc3ccccc3c2)CC1. The Labute approximate surface area is 202 Å². The predicted molar refractivity (Wildman–Crippen MR) is 133 cm³/mol. The number of sulfonamides is 1. The third-order valence-electron chi connectivity index (χ3n) is 6.03. The van der Waals surface area contributed by atoms with Crippen molar-refractivity contribution in [3.05, 3.63) is 100 Å². The van der Waals surface area contributed by atoms with Crippen LogP contribution in [0.4, 0.5) is 0 Å². The molecule has 0 saturated carbocycles. The number of amides is 1. The molecule has 0 unspecified atom stereocenters. The van der Waals surface area contributed by atoms with Crippen LogP contribution in [-0.4, -0.2) is 55.5 Å². The molecule has 0 spiro atoms. The Balaban J connectivity index is 1.33. The number of fused-ring (bicyclic) bond motifs is 1. The van der Waals surface area contributed by atoms with E-state index in [-0.39, 0.29) is 42.8 Å². The van der Waals surface area contributed by atoms with E-state index in [1.165, 1.54) is 15.6 Å². The summed E-state index contributed by atoms with van der Waals surface area (Å²) in [6.07, 6.45) is 0. The van der Waals surface area contributed by atoms with Gasteiger partial charge in [-0.05, 0) is 40.4 Å². The van der Waals surface area contributed by atoms with Crippen molar-refractivity contribution in [2.75, 3.05) is 26.2 Å². The first-order chi connectivity index (χ1) is 16.4. The Morgan fingerprint density at radius 1 is 0.735 bits per heavy atom. The van der Waals surface area contributed by atoms with Crippen LogP contribution in [0.15, 0.2) is 89.1 Å². The molecule has 172 valence electrons. The predicted octanol–water partition coefficient (Wildman–Crippen LogP) is 4.28. The van der Waals surface area contributed by atoms with Crippen LogP contribution in [0, 0.1) is 0 Å².